The van der Waals surface area contributed by atoms with Crippen LogP contribution in [0.3, 0.4) is 0 Å². The second-order valence-electron chi connectivity index (χ2n) is 1.40. The van der Waals surface area contributed by atoms with Crippen molar-refractivity contribution >= 4 is 13.6 Å². The van der Waals surface area contributed by atoms with Crippen LogP contribution in [0.4, 0.5) is 0 Å². The molecule has 0 fully saturated rings. The van der Waals surface area contributed by atoms with E-state index in [2.05, 4.69) is 13.6 Å². The molecule has 0 bridgehead atoms. The van der Waals surface area contributed by atoms with Gasteiger partial charge in [0.2, 0.25) is 0 Å². The van der Waals surface area contributed by atoms with Gasteiger partial charge < -0.3 is 0 Å². The minimum absolute atomic E-state index is 1.32. The van der Waals surface area contributed by atoms with Gasteiger partial charge >= 0.3 is 32.7 Å². The molecule has 0 spiro atoms. The summed E-state index contributed by atoms with van der Waals surface area (Å²) in [5.41, 5.74) is 0. The Balaban J connectivity index is 2.32. The van der Waals surface area contributed by atoms with E-state index in [1.165, 1.54) is 19.1 Å². The zero-order valence-corrected chi connectivity index (χ0v) is 3.28. The van der Waals surface area contributed by atoms with Crippen LogP contribution in [0.25, 0.3) is 0 Å². The Bertz CT molecular complexity index is 42.9. The molecular formula is C3H6B2. The molecule has 1 rings (SSSR count). The number of hydrogen-bond acceptors (Lipinski definition) is 0. The molecule has 0 atom stereocenters. The van der Waals surface area contributed by atoms with Crippen LogP contribution in [0.2, 0.25) is 12.6 Å². The van der Waals surface area contributed by atoms with E-state index < -0.39 is 0 Å². The van der Waals surface area contributed by atoms with Crippen LogP contribution >= 0.6 is 0 Å². The monoisotopic (exact) mass is 64.1 g/mol. The average Bonchev–Trinajstić information content (AvgIpc) is 1.76. The molecule has 0 aromatic rings. The summed E-state index contributed by atoms with van der Waals surface area (Å²) in [5, 5.41) is 0. The van der Waals surface area contributed by atoms with Gasteiger partial charge in [0, 0.05) is 0 Å². The van der Waals surface area contributed by atoms with E-state index in [0.717, 1.165) is 0 Å². The van der Waals surface area contributed by atoms with Gasteiger partial charge in [-0.1, -0.05) is 0 Å². The summed E-state index contributed by atoms with van der Waals surface area (Å²) < 4.78 is 0. The van der Waals surface area contributed by atoms with Crippen LogP contribution in [0, 0.1) is 0 Å². The molecule has 0 amide bonds. The first-order valence-electron chi connectivity index (χ1n) is 2.15. The van der Waals surface area contributed by atoms with Gasteiger partial charge in [-0.3, -0.25) is 0 Å². The molecule has 5 heavy (non-hydrogen) atoms. The Morgan fingerprint density at radius 2 is 1.60 bits per heavy atom. The van der Waals surface area contributed by atoms with Gasteiger partial charge in [0.1, 0.15) is 0 Å². The van der Waals surface area contributed by atoms with E-state index in [0.29, 0.717) is 0 Å². The molecule has 0 saturated heterocycles. The van der Waals surface area contributed by atoms with Crippen molar-refractivity contribution in [1.82, 2.24) is 0 Å². The number of rotatable bonds is 0. The maximum absolute atomic E-state index is 2.24. The molecular weight excluding hydrogens is 57.7 g/mol. The Hall–Kier alpha value is 0.130. The molecule has 1 aliphatic rings. The second-order valence-corrected chi connectivity index (χ2v) is 1.40. The number of hydrogen-bond donors (Lipinski definition) is 0. The van der Waals surface area contributed by atoms with Gasteiger partial charge in [-0.05, 0) is 0 Å². The van der Waals surface area contributed by atoms with Crippen molar-refractivity contribution < 1.29 is 0 Å². The molecule has 0 N–H and O–H groups in total. The van der Waals surface area contributed by atoms with Gasteiger partial charge in [0.05, 0.1) is 0 Å². The minimum atomic E-state index is 1.32. The fourth-order valence-corrected chi connectivity index (χ4v) is 0.589. The Labute approximate surface area is 33.7 Å². The molecule has 0 aromatic carbocycles. The molecule has 2 heteroatoms. The maximum atomic E-state index is 2.24. The first-order chi connectivity index (χ1) is 2.50. The SMILES string of the molecule is B1=BCCC1. The van der Waals surface area contributed by atoms with E-state index >= 15 is 0 Å². The molecule has 0 aromatic heterocycles. The summed E-state index contributed by atoms with van der Waals surface area (Å²) in [5.74, 6) is 0. The molecule has 24 valence electrons. The zero-order chi connectivity index (χ0) is 3.54. The van der Waals surface area contributed by atoms with Crippen LogP contribution in [-0.4, -0.2) is 13.6 Å². The topological polar surface area (TPSA) is 0 Å². The van der Waals surface area contributed by atoms with Crippen molar-refractivity contribution in [3.8, 4) is 0 Å². The van der Waals surface area contributed by atoms with Crippen LogP contribution in [0.15, 0.2) is 0 Å². The van der Waals surface area contributed by atoms with Crippen molar-refractivity contribution in [3.05, 3.63) is 0 Å². The van der Waals surface area contributed by atoms with Crippen molar-refractivity contribution in [3.63, 3.8) is 0 Å². The van der Waals surface area contributed by atoms with E-state index in [1.807, 2.05) is 0 Å². The van der Waals surface area contributed by atoms with Crippen LogP contribution < -0.4 is 0 Å². The third-order valence-corrected chi connectivity index (χ3v) is 0.908. The summed E-state index contributed by atoms with van der Waals surface area (Å²) in [6, 6.07) is 0. The van der Waals surface area contributed by atoms with Crippen molar-refractivity contribution in [2.75, 3.05) is 0 Å². The van der Waals surface area contributed by atoms with Crippen LogP contribution in [-0.2, 0) is 0 Å². The summed E-state index contributed by atoms with van der Waals surface area (Å²) >= 11 is 0. The Morgan fingerprint density at radius 3 is 1.80 bits per heavy atom. The summed E-state index contributed by atoms with van der Waals surface area (Å²) in [4.78, 5) is 0. The van der Waals surface area contributed by atoms with E-state index in [1.54, 1.807) is 0 Å². The molecule has 1 heterocycles. The van der Waals surface area contributed by atoms with Crippen LogP contribution in [0.5, 0.6) is 0 Å². The van der Waals surface area contributed by atoms with Crippen molar-refractivity contribution in [2.45, 2.75) is 19.1 Å². The predicted molar refractivity (Wildman–Crippen MR) is 25.7 cm³/mol. The predicted octanol–water partition coefficient (Wildman–Crippen LogP) is 0.550. The van der Waals surface area contributed by atoms with Gasteiger partial charge in [-0.15, -0.1) is 0 Å². The fourth-order valence-electron chi connectivity index (χ4n) is 0.589. The summed E-state index contributed by atoms with van der Waals surface area (Å²) in [7, 11) is 0. The first-order valence-corrected chi connectivity index (χ1v) is 2.15. The molecule has 0 radical (unpaired) electrons. The van der Waals surface area contributed by atoms with Gasteiger partial charge in [-0.25, -0.2) is 0 Å². The van der Waals surface area contributed by atoms with E-state index in [-0.39, 0.29) is 0 Å². The third-order valence-electron chi connectivity index (χ3n) is 0.908. The van der Waals surface area contributed by atoms with Crippen molar-refractivity contribution in [2.24, 2.45) is 0 Å². The first kappa shape index (κ1) is 3.32. The zero-order valence-electron chi connectivity index (χ0n) is 3.28. The second kappa shape index (κ2) is 1.54. The third kappa shape index (κ3) is 0.712. The Morgan fingerprint density at radius 1 is 1.00 bits per heavy atom. The van der Waals surface area contributed by atoms with Crippen LogP contribution in [0.1, 0.15) is 6.42 Å². The Kier molecular flexibility index (Phi) is 1.02. The van der Waals surface area contributed by atoms with Gasteiger partial charge in [0.25, 0.3) is 0 Å². The summed E-state index contributed by atoms with van der Waals surface area (Å²) in [6.07, 6.45) is 4.03. The molecule has 0 unspecified atom stereocenters. The molecule has 0 aliphatic carbocycles. The molecule has 0 nitrogen and oxygen atoms in total. The fraction of sp³-hybridized carbons (Fsp3) is 1.00. The van der Waals surface area contributed by atoms with E-state index in [9.17, 15) is 0 Å². The molecule has 1 aliphatic heterocycles. The van der Waals surface area contributed by atoms with Gasteiger partial charge in [-0.2, -0.15) is 0 Å². The van der Waals surface area contributed by atoms with Crippen molar-refractivity contribution in [1.29, 1.82) is 0 Å². The molecule has 0 saturated carbocycles. The standard InChI is InChI=1S/C3H6B2/c1-2-4-5-3-1/h1-3H2. The summed E-state index contributed by atoms with van der Waals surface area (Å²) in [6.45, 7) is 4.47. The normalized spacial score (nSPS) is 17.6. The average molecular weight is 63.7 g/mol. The quantitative estimate of drug-likeness (QED) is 0.360. The van der Waals surface area contributed by atoms with Gasteiger partial charge in [0.15, 0.2) is 0 Å². The van der Waals surface area contributed by atoms with E-state index in [4.69, 9.17) is 0 Å².